The van der Waals surface area contributed by atoms with Gasteiger partial charge in [0.25, 0.3) is 15.9 Å². The maximum atomic E-state index is 12.3. The van der Waals surface area contributed by atoms with Crippen molar-refractivity contribution < 1.29 is 17.6 Å². The average molecular weight is 360 g/mol. The SMILES string of the molecule is Cc1nc(-c2ccc(S(=O)(=O)NNC(=O)c3cccn3C)cc2)co1. The summed E-state index contributed by atoms with van der Waals surface area (Å²) in [5.74, 6) is -0.0254. The smallest absolute Gasteiger partial charge is 0.282 e. The minimum atomic E-state index is -3.89. The number of nitrogens with zero attached hydrogens (tertiary/aromatic N) is 2. The summed E-state index contributed by atoms with van der Waals surface area (Å²) in [6.45, 7) is 1.72. The Labute approximate surface area is 144 Å². The summed E-state index contributed by atoms with van der Waals surface area (Å²) in [5.41, 5.74) is 3.86. The molecule has 0 aliphatic heterocycles. The number of hydrogen-bond acceptors (Lipinski definition) is 5. The van der Waals surface area contributed by atoms with Gasteiger partial charge in [0.05, 0.1) is 4.90 Å². The number of carbonyl (C=O) groups is 1. The Morgan fingerprint density at radius 1 is 1.20 bits per heavy atom. The molecule has 3 aromatic rings. The summed E-state index contributed by atoms with van der Waals surface area (Å²) in [6.07, 6.45) is 3.19. The predicted molar refractivity (Wildman–Crippen MR) is 89.9 cm³/mol. The molecule has 1 amide bonds. The number of aromatic nitrogens is 2. The van der Waals surface area contributed by atoms with Gasteiger partial charge in [-0.2, -0.15) is 0 Å². The van der Waals surface area contributed by atoms with Crippen molar-refractivity contribution >= 4 is 15.9 Å². The second-order valence-corrected chi connectivity index (χ2v) is 7.02. The second kappa shape index (κ2) is 6.54. The summed E-state index contributed by atoms with van der Waals surface area (Å²) < 4.78 is 31.3. The van der Waals surface area contributed by atoms with E-state index >= 15 is 0 Å². The van der Waals surface area contributed by atoms with E-state index in [0.717, 1.165) is 5.56 Å². The van der Waals surface area contributed by atoms with Crippen molar-refractivity contribution in [2.24, 2.45) is 7.05 Å². The highest BCUT2D eigenvalue weighted by Crippen LogP contribution is 2.20. The molecule has 2 N–H and O–H groups in total. The van der Waals surface area contributed by atoms with Gasteiger partial charge in [0.2, 0.25) is 0 Å². The topological polar surface area (TPSA) is 106 Å². The lowest BCUT2D eigenvalue weighted by Gasteiger charge is -2.09. The minimum Gasteiger partial charge on any atom is -0.449 e. The Morgan fingerprint density at radius 2 is 1.92 bits per heavy atom. The van der Waals surface area contributed by atoms with Crippen LogP contribution in [0.1, 0.15) is 16.4 Å². The van der Waals surface area contributed by atoms with Gasteiger partial charge in [-0.05, 0) is 24.3 Å². The van der Waals surface area contributed by atoms with Crippen molar-refractivity contribution in [2.45, 2.75) is 11.8 Å². The zero-order chi connectivity index (χ0) is 18.0. The van der Waals surface area contributed by atoms with Crippen LogP contribution in [0.15, 0.2) is 58.2 Å². The number of aryl methyl sites for hydroxylation is 2. The first kappa shape index (κ1) is 16.9. The summed E-state index contributed by atoms with van der Waals surface area (Å²) >= 11 is 0. The number of carbonyl (C=O) groups excluding carboxylic acids is 1. The van der Waals surface area contributed by atoms with Crippen LogP contribution in [0.2, 0.25) is 0 Å². The van der Waals surface area contributed by atoms with Crippen LogP contribution in [0.5, 0.6) is 0 Å². The van der Waals surface area contributed by atoms with Crippen LogP contribution in [0, 0.1) is 6.92 Å². The number of benzene rings is 1. The van der Waals surface area contributed by atoms with Crippen molar-refractivity contribution in [1.82, 2.24) is 19.8 Å². The van der Waals surface area contributed by atoms with Crippen molar-refractivity contribution in [2.75, 3.05) is 0 Å². The molecule has 3 rings (SSSR count). The molecule has 0 radical (unpaired) electrons. The van der Waals surface area contributed by atoms with Gasteiger partial charge in [-0.3, -0.25) is 10.2 Å². The lowest BCUT2D eigenvalue weighted by molar-refractivity contribution is 0.0937. The summed E-state index contributed by atoms with van der Waals surface area (Å²) in [6, 6.07) is 9.36. The van der Waals surface area contributed by atoms with E-state index in [4.69, 9.17) is 4.42 Å². The molecule has 0 atom stereocenters. The van der Waals surface area contributed by atoms with E-state index in [1.807, 2.05) is 0 Å². The normalized spacial score (nSPS) is 11.4. The third kappa shape index (κ3) is 3.62. The molecule has 0 saturated carbocycles. The number of oxazole rings is 1. The Hall–Kier alpha value is -2.91. The second-order valence-electron chi connectivity index (χ2n) is 5.34. The molecule has 0 spiro atoms. The quantitative estimate of drug-likeness (QED) is 0.673. The Kier molecular flexibility index (Phi) is 4.43. The first-order valence-electron chi connectivity index (χ1n) is 7.33. The Balaban J connectivity index is 1.72. The number of nitrogens with one attached hydrogen (secondary N) is 2. The monoisotopic (exact) mass is 360 g/mol. The lowest BCUT2D eigenvalue weighted by Crippen LogP contribution is -2.42. The van der Waals surface area contributed by atoms with Crippen LogP contribution in [0.25, 0.3) is 11.3 Å². The first-order chi connectivity index (χ1) is 11.9. The molecule has 0 bridgehead atoms. The van der Waals surface area contributed by atoms with Crippen LogP contribution < -0.4 is 10.3 Å². The fourth-order valence-electron chi connectivity index (χ4n) is 2.23. The van der Waals surface area contributed by atoms with Gasteiger partial charge in [0.1, 0.15) is 17.7 Å². The fraction of sp³-hybridized carbons (Fsp3) is 0.125. The maximum absolute atomic E-state index is 12.3. The molecule has 130 valence electrons. The molecule has 8 nitrogen and oxygen atoms in total. The van der Waals surface area contributed by atoms with Crippen molar-refractivity contribution in [1.29, 1.82) is 0 Å². The summed E-state index contributed by atoms with van der Waals surface area (Å²) in [7, 11) is -2.20. The van der Waals surface area contributed by atoms with E-state index in [-0.39, 0.29) is 4.90 Å². The number of hydrogen-bond donors (Lipinski definition) is 2. The molecule has 9 heteroatoms. The molecule has 0 saturated heterocycles. The number of amides is 1. The molecule has 2 heterocycles. The van der Waals surface area contributed by atoms with Crippen LogP contribution in [0.3, 0.4) is 0 Å². The lowest BCUT2D eigenvalue weighted by atomic mass is 10.2. The zero-order valence-electron chi connectivity index (χ0n) is 13.6. The van der Waals surface area contributed by atoms with Gasteiger partial charge in [-0.15, -0.1) is 4.83 Å². The molecule has 0 fully saturated rings. The highest BCUT2D eigenvalue weighted by atomic mass is 32.2. The van der Waals surface area contributed by atoms with Gasteiger partial charge < -0.3 is 8.98 Å². The van der Waals surface area contributed by atoms with Crippen LogP contribution >= 0.6 is 0 Å². The Bertz CT molecular complexity index is 1000. The van der Waals surface area contributed by atoms with E-state index < -0.39 is 15.9 Å². The molecule has 1 aromatic carbocycles. The van der Waals surface area contributed by atoms with Gasteiger partial charge in [-0.1, -0.05) is 12.1 Å². The molecule has 0 aliphatic rings. The van der Waals surface area contributed by atoms with Gasteiger partial charge >= 0.3 is 0 Å². The van der Waals surface area contributed by atoms with Crippen LogP contribution in [-0.4, -0.2) is 23.9 Å². The maximum Gasteiger partial charge on any atom is 0.282 e. The molecule has 2 aromatic heterocycles. The van der Waals surface area contributed by atoms with Gasteiger partial charge in [0, 0.05) is 25.7 Å². The van der Waals surface area contributed by atoms with E-state index in [1.54, 1.807) is 49.0 Å². The van der Waals surface area contributed by atoms with E-state index in [9.17, 15) is 13.2 Å². The van der Waals surface area contributed by atoms with Gasteiger partial charge in [0.15, 0.2) is 5.89 Å². The standard InChI is InChI=1S/C16H16N4O4S/c1-11-17-14(10-24-11)12-5-7-13(8-6-12)25(22,23)19-18-16(21)15-4-3-9-20(15)2/h3-10,19H,1-2H3,(H,18,21). The minimum absolute atomic E-state index is 0.0173. The van der Waals surface area contributed by atoms with Crippen molar-refractivity contribution in [3.63, 3.8) is 0 Å². The van der Waals surface area contributed by atoms with Crippen molar-refractivity contribution in [3.05, 3.63) is 60.4 Å². The summed E-state index contributed by atoms with van der Waals surface area (Å²) in [4.78, 5) is 18.2. The third-order valence-electron chi connectivity index (χ3n) is 3.55. The molecular weight excluding hydrogens is 344 g/mol. The summed E-state index contributed by atoms with van der Waals surface area (Å²) in [5, 5.41) is 0. The van der Waals surface area contributed by atoms with E-state index in [2.05, 4.69) is 15.2 Å². The number of hydrazine groups is 1. The molecular formula is C16H16N4O4S. The fourth-order valence-corrected chi connectivity index (χ4v) is 3.07. The number of sulfonamides is 1. The average Bonchev–Trinajstić information content (AvgIpc) is 3.21. The molecule has 0 aliphatic carbocycles. The highest BCUT2D eigenvalue weighted by Gasteiger charge is 2.17. The Morgan fingerprint density at radius 3 is 2.48 bits per heavy atom. The largest absolute Gasteiger partial charge is 0.449 e. The van der Waals surface area contributed by atoms with E-state index in [1.165, 1.54) is 18.4 Å². The van der Waals surface area contributed by atoms with Crippen LogP contribution in [0.4, 0.5) is 0 Å². The van der Waals surface area contributed by atoms with Crippen LogP contribution in [-0.2, 0) is 17.1 Å². The molecule has 0 unspecified atom stereocenters. The molecule has 25 heavy (non-hydrogen) atoms. The van der Waals surface area contributed by atoms with Crippen molar-refractivity contribution in [3.8, 4) is 11.3 Å². The van der Waals surface area contributed by atoms with Gasteiger partial charge in [-0.25, -0.2) is 13.4 Å². The third-order valence-corrected chi connectivity index (χ3v) is 4.82. The predicted octanol–water partition coefficient (Wildman–Crippen LogP) is 1.61. The highest BCUT2D eigenvalue weighted by molar-refractivity contribution is 7.89. The zero-order valence-corrected chi connectivity index (χ0v) is 14.4. The number of rotatable bonds is 5. The first-order valence-corrected chi connectivity index (χ1v) is 8.81. The van der Waals surface area contributed by atoms with E-state index in [0.29, 0.717) is 17.3 Å².